The van der Waals surface area contributed by atoms with Crippen molar-refractivity contribution in [1.82, 2.24) is 9.47 Å². The minimum absolute atomic E-state index is 0.242. The Bertz CT molecular complexity index is 1350. The zero-order chi connectivity index (χ0) is 23.1. The Morgan fingerprint density at radius 3 is 2.55 bits per heavy atom. The molecule has 0 spiro atoms. The van der Waals surface area contributed by atoms with Crippen LogP contribution in [0.25, 0.3) is 5.69 Å². The number of benzene rings is 3. The fourth-order valence-corrected chi connectivity index (χ4v) is 4.51. The lowest BCUT2D eigenvalue weighted by Gasteiger charge is -2.31. The van der Waals surface area contributed by atoms with Gasteiger partial charge < -0.3 is 14.8 Å². The summed E-state index contributed by atoms with van der Waals surface area (Å²) in [7, 11) is 0. The van der Waals surface area contributed by atoms with Crippen LogP contribution in [0, 0.1) is 18.6 Å². The first kappa shape index (κ1) is 21.2. The van der Waals surface area contributed by atoms with E-state index >= 15 is 0 Å². The van der Waals surface area contributed by atoms with Crippen LogP contribution in [0.3, 0.4) is 0 Å². The highest BCUT2D eigenvalue weighted by Gasteiger charge is 2.33. The number of rotatable bonds is 2. The first-order valence-electron chi connectivity index (χ1n) is 10.5. The van der Waals surface area contributed by atoms with E-state index in [4.69, 9.17) is 11.6 Å². The zero-order valence-electron chi connectivity index (χ0n) is 17.7. The largest absolute Gasteiger partial charge is 0.322 e. The normalized spacial score (nSPS) is 14.9. The molecule has 1 aromatic heterocycles. The van der Waals surface area contributed by atoms with E-state index in [0.29, 0.717) is 16.3 Å². The fraction of sp³-hybridized carbons (Fsp3) is 0.115. The van der Waals surface area contributed by atoms with Crippen molar-refractivity contribution in [2.45, 2.75) is 19.5 Å². The summed E-state index contributed by atoms with van der Waals surface area (Å²) in [5, 5.41) is 3.43. The molecule has 1 aliphatic heterocycles. The molecule has 0 saturated heterocycles. The second-order valence-corrected chi connectivity index (χ2v) is 8.49. The van der Waals surface area contributed by atoms with Crippen LogP contribution in [-0.2, 0) is 6.54 Å². The monoisotopic (exact) mass is 463 g/mol. The molecule has 1 aliphatic rings. The van der Waals surface area contributed by atoms with Gasteiger partial charge in [0.05, 0.1) is 18.3 Å². The van der Waals surface area contributed by atoms with Gasteiger partial charge in [-0.2, -0.15) is 0 Å². The Kier molecular flexibility index (Phi) is 5.38. The Morgan fingerprint density at radius 2 is 1.76 bits per heavy atom. The lowest BCUT2D eigenvalue weighted by molar-refractivity contribution is 0.194. The smallest absolute Gasteiger partial charge is 0.318 e. The van der Waals surface area contributed by atoms with Crippen LogP contribution < -0.4 is 5.32 Å². The van der Waals surface area contributed by atoms with E-state index in [2.05, 4.69) is 5.32 Å². The molecule has 1 atom stereocenters. The van der Waals surface area contributed by atoms with Crippen molar-refractivity contribution in [3.05, 3.63) is 118 Å². The molecular formula is C26H20ClF2N3O. The van der Waals surface area contributed by atoms with E-state index in [1.54, 1.807) is 17.0 Å². The predicted molar refractivity (Wildman–Crippen MR) is 125 cm³/mol. The topological polar surface area (TPSA) is 37.3 Å². The van der Waals surface area contributed by atoms with Crippen LogP contribution in [0.15, 0.2) is 79.0 Å². The standard InChI is InChI=1S/C26H20ClF2N3O/c1-16-8-9-19(27)13-22(16)30-26(33)32-15-17-5-2-3-6-23(17)31-10-4-7-24(31)25(32)18-11-20(28)14-21(29)12-18/h2-14,25H,15H2,1H3,(H,30,33). The Labute approximate surface area is 195 Å². The number of para-hydroxylation sites is 1. The van der Waals surface area contributed by atoms with Crippen LogP contribution >= 0.6 is 11.6 Å². The number of hydrogen-bond donors (Lipinski definition) is 1. The summed E-state index contributed by atoms with van der Waals surface area (Å²) < 4.78 is 30.4. The van der Waals surface area contributed by atoms with Gasteiger partial charge in [0.15, 0.2) is 0 Å². The van der Waals surface area contributed by atoms with Crippen molar-refractivity contribution in [3.8, 4) is 5.69 Å². The number of carbonyl (C=O) groups excluding carboxylic acids is 1. The van der Waals surface area contributed by atoms with E-state index in [9.17, 15) is 13.6 Å². The van der Waals surface area contributed by atoms with Crippen LogP contribution in [0.5, 0.6) is 0 Å². The SMILES string of the molecule is Cc1ccc(Cl)cc1NC(=O)N1Cc2ccccc2-n2cccc2C1c1cc(F)cc(F)c1. The molecule has 2 amide bonds. The minimum atomic E-state index is -0.725. The average molecular weight is 464 g/mol. The first-order valence-corrected chi connectivity index (χ1v) is 10.8. The van der Waals surface area contributed by atoms with Crippen LogP contribution in [0.2, 0.25) is 5.02 Å². The number of aromatic nitrogens is 1. The van der Waals surface area contributed by atoms with Crippen LogP contribution in [0.1, 0.15) is 28.4 Å². The van der Waals surface area contributed by atoms with Crippen LogP contribution in [0.4, 0.5) is 19.3 Å². The molecule has 0 saturated carbocycles. The summed E-state index contributed by atoms with van der Waals surface area (Å²) in [5.41, 5.74) is 4.31. The molecule has 4 aromatic rings. The summed E-state index contributed by atoms with van der Waals surface area (Å²) in [4.78, 5) is 15.2. The highest BCUT2D eigenvalue weighted by molar-refractivity contribution is 6.31. The van der Waals surface area contributed by atoms with E-state index in [-0.39, 0.29) is 6.54 Å². The number of anilines is 1. The molecule has 7 heteroatoms. The third-order valence-electron chi connectivity index (χ3n) is 5.87. The van der Waals surface area contributed by atoms with Gasteiger partial charge in [0.2, 0.25) is 0 Å². The van der Waals surface area contributed by atoms with E-state index in [1.807, 2.05) is 60.2 Å². The van der Waals surface area contributed by atoms with Gasteiger partial charge in [-0.3, -0.25) is 0 Å². The van der Waals surface area contributed by atoms with Crippen molar-refractivity contribution in [1.29, 1.82) is 0 Å². The Hall–Kier alpha value is -3.64. The van der Waals surface area contributed by atoms with Crippen molar-refractivity contribution >= 4 is 23.3 Å². The number of urea groups is 1. The number of hydrogen-bond acceptors (Lipinski definition) is 1. The summed E-state index contributed by atoms with van der Waals surface area (Å²) in [6, 6.07) is 18.9. The Balaban J connectivity index is 1.66. The quantitative estimate of drug-likeness (QED) is 0.346. The third kappa shape index (κ3) is 3.98. The highest BCUT2D eigenvalue weighted by atomic mass is 35.5. The molecule has 0 bridgehead atoms. The van der Waals surface area contributed by atoms with Gasteiger partial charge in [0.25, 0.3) is 0 Å². The summed E-state index contributed by atoms with van der Waals surface area (Å²) in [6.07, 6.45) is 1.89. The number of nitrogens with one attached hydrogen (secondary N) is 1. The minimum Gasteiger partial charge on any atom is -0.318 e. The number of amides is 2. The number of fused-ring (bicyclic) bond motifs is 3. The molecule has 0 fully saturated rings. The Morgan fingerprint density at radius 1 is 1.00 bits per heavy atom. The average Bonchev–Trinajstić information content (AvgIpc) is 3.19. The van der Waals surface area contributed by atoms with Gasteiger partial charge in [-0.15, -0.1) is 0 Å². The summed E-state index contributed by atoms with van der Waals surface area (Å²) >= 11 is 6.14. The maximum Gasteiger partial charge on any atom is 0.322 e. The van der Waals surface area contributed by atoms with Crippen molar-refractivity contribution in [3.63, 3.8) is 0 Å². The van der Waals surface area contributed by atoms with Gasteiger partial charge in [-0.05, 0) is 66.1 Å². The maximum absolute atomic E-state index is 14.2. The van der Waals surface area contributed by atoms with Crippen LogP contribution in [-0.4, -0.2) is 15.5 Å². The van der Waals surface area contributed by atoms with Crippen molar-refractivity contribution in [2.24, 2.45) is 0 Å². The second-order valence-electron chi connectivity index (χ2n) is 8.05. The molecule has 0 aliphatic carbocycles. The van der Waals surface area contributed by atoms with E-state index in [0.717, 1.165) is 28.6 Å². The second kappa shape index (κ2) is 8.37. The van der Waals surface area contributed by atoms with Gasteiger partial charge in [0.1, 0.15) is 11.6 Å². The predicted octanol–water partition coefficient (Wildman–Crippen LogP) is 6.85. The molecule has 3 aromatic carbocycles. The number of aryl methyl sites for hydroxylation is 1. The van der Waals surface area contributed by atoms with Gasteiger partial charge in [0, 0.05) is 28.7 Å². The summed E-state index contributed by atoms with van der Waals surface area (Å²) in [5.74, 6) is -1.40. The molecule has 2 heterocycles. The molecule has 5 rings (SSSR count). The number of halogens is 3. The van der Waals surface area contributed by atoms with Crippen molar-refractivity contribution in [2.75, 3.05) is 5.32 Å². The maximum atomic E-state index is 14.2. The molecular weight excluding hydrogens is 444 g/mol. The molecule has 4 nitrogen and oxygen atoms in total. The van der Waals surface area contributed by atoms with Gasteiger partial charge in [-0.25, -0.2) is 13.6 Å². The van der Waals surface area contributed by atoms with Crippen molar-refractivity contribution < 1.29 is 13.6 Å². The molecule has 33 heavy (non-hydrogen) atoms. The molecule has 1 unspecified atom stereocenters. The first-order chi connectivity index (χ1) is 15.9. The molecule has 166 valence electrons. The lowest BCUT2D eigenvalue weighted by Crippen LogP contribution is -2.38. The number of carbonyl (C=O) groups is 1. The highest BCUT2D eigenvalue weighted by Crippen LogP contribution is 2.37. The third-order valence-corrected chi connectivity index (χ3v) is 6.10. The molecule has 1 N–H and O–H groups in total. The lowest BCUT2D eigenvalue weighted by atomic mass is 10.0. The van der Waals surface area contributed by atoms with Gasteiger partial charge in [-0.1, -0.05) is 35.9 Å². The van der Waals surface area contributed by atoms with E-state index in [1.165, 1.54) is 12.1 Å². The molecule has 0 radical (unpaired) electrons. The summed E-state index contributed by atoms with van der Waals surface area (Å²) in [6.45, 7) is 2.11. The fourth-order valence-electron chi connectivity index (χ4n) is 4.34. The zero-order valence-corrected chi connectivity index (χ0v) is 18.5. The number of nitrogens with zero attached hydrogens (tertiary/aromatic N) is 2. The van der Waals surface area contributed by atoms with E-state index < -0.39 is 23.7 Å². The van der Waals surface area contributed by atoms with Gasteiger partial charge >= 0.3 is 6.03 Å².